The van der Waals surface area contributed by atoms with E-state index in [2.05, 4.69) is 62.5 Å². The number of aromatic nitrogens is 2. The van der Waals surface area contributed by atoms with Gasteiger partial charge in [-0.1, -0.05) is 66.7 Å². The molecule has 3 rings (SSSR count). The van der Waals surface area contributed by atoms with E-state index in [1.165, 1.54) is 0 Å². The summed E-state index contributed by atoms with van der Waals surface area (Å²) in [5.41, 5.74) is 2.24. The van der Waals surface area contributed by atoms with Gasteiger partial charge in [-0.05, 0) is 74.4 Å². The third-order valence-corrected chi connectivity index (χ3v) is 14.1. The van der Waals surface area contributed by atoms with Crippen LogP contribution in [0.3, 0.4) is 0 Å². The van der Waals surface area contributed by atoms with Gasteiger partial charge in [0.05, 0.1) is 17.1 Å². The van der Waals surface area contributed by atoms with Crippen molar-refractivity contribution in [2.24, 2.45) is 24.3 Å². The summed E-state index contributed by atoms with van der Waals surface area (Å²) in [5, 5.41) is 0.0588. The first-order chi connectivity index (χ1) is 18.9. The Kier molecular flexibility index (Phi) is 10.5. The van der Waals surface area contributed by atoms with Crippen LogP contribution in [0.5, 0.6) is 0 Å². The molecule has 0 unspecified atom stereocenters. The monoisotopic (exact) mass is 582 g/mol. The maximum Gasteiger partial charge on any atom is 0.306 e. The highest BCUT2D eigenvalue weighted by Gasteiger charge is 2.44. The lowest BCUT2D eigenvalue weighted by molar-refractivity contribution is -0.150. The Balaban J connectivity index is 1.87. The molecule has 0 saturated heterocycles. The predicted molar refractivity (Wildman–Crippen MR) is 170 cm³/mol. The predicted octanol–water partition coefficient (Wildman–Crippen LogP) is 8.63. The first-order valence-electron chi connectivity index (χ1n) is 15.4. The average molecular weight is 583 g/mol. The summed E-state index contributed by atoms with van der Waals surface area (Å²) in [6, 6.07) is 6.12. The maximum absolute atomic E-state index is 14.0. The van der Waals surface area contributed by atoms with Gasteiger partial charge in [0.1, 0.15) is 17.7 Å². The van der Waals surface area contributed by atoms with Crippen molar-refractivity contribution in [3.05, 3.63) is 41.7 Å². The lowest BCUT2D eigenvalue weighted by atomic mass is 9.74. The second-order valence-electron chi connectivity index (χ2n) is 14.4. The first kappa shape index (κ1) is 33.3. The van der Waals surface area contributed by atoms with Gasteiger partial charge in [0.15, 0.2) is 8.32 Å². The topological polar surface area (TPSA) is 70.4 Å². The van der Waals surface area contributed by atoms with E-state index >= 15 is 0 Å². The zero-order valence-electron chi connectivity index (χ0n) is 27.5. The lowest BCUT2D eigenvalue weighted by Crippen LogP contribution is -2.50. The van der Waals surface area contributed by atoms with Gasteiger partial charge in [-0.15, -0.1) is 0 Å². The van der Waals surface area contributed by atoms with Crippen LogP contribution in [0.25, 0.3) is 11.0 Å². The number of nitrogens with zero attached hydrogens (tertiary/aromatic N) is 2. The number of benzene rings is 1. The van der Waals surface area contributed by atoms with Crippen LogP contribution in [0.2, 0.25) is 18.1 Å². The number of ether oxygens (including phenoxy) is 1. The normalized spacial score (nSPS) is 26.6. The Morgan fingerprint density at radius 3 is 2.46 bits per heavy atom. The average Bonchev–Trinajstić information content (AvgIpc) is 3.17. The third kappa shape index (κ3) is 7.98. The Labute approximate surface area is 249 Å². The fourth-order valence-corrected chi connectivity index (χ4v) is 7.07. The van der Waals surface area contributed by atoms with Gasteiger partial charge < -0.3 is 13.7 Å². The quantitative estimate of drug-likeness (QED) is 0.206. The molecule has 0 aliphatic carbocycles. The number of imidazole rings is 1. The summed E-state index contributed by atoms with van der Waals surface area (Å²) in [6.07, 6.45) is 8.00. The van der Waals surface area contributed by atoms with E-state index in [0.29, 0.717) is 12.8 Å². The largest absolute Gasteiger partial charge is 0.457 e. The number of hydrogen-bond acceptors (Lipinski definition) is 5. The Bertz CT molecular complexity index is 1250. The molecule has 6 nitrogen and oxygen atoms in total. The number of carbonyl (C=O) groups is 2. The van der Waals surface area contributed by atoms with Crippen LogP contribution < -0.4 is 0 Å². The molecule has 4 atom stereocenters. The Morgan fingerprint density at radius 2 is 1.80 bits per heavy atom. The molecule has 2 aromatic rings. The summed E-state index contributed by atoms with van der Waals surface area (Å²) in [4.78, 5) is 31.8. The standard InChI is InChI=1S/C34H54N2O4Si/c1-23-16-14-12-13-15-17-29(26-18-19-28-27(22-26)35-25(3)36(28)9)39-30(37)20-21-34(7,8)32(38)24(2)31(23)40-41(10,11)33(4,5)6/h13,15,18-19,22-24,29,31H,12,14,16-17,20-21H2,1-11H3/b15-13+/t23-,24+,29-,31+/m0/s1. The van der Waals surface area contributed by atoms with Gasteiger partial charge in [-0.2, -0.15) is 0 Å². The highest BCUT2D eigenvalue weighted by Crippen LogP contribution is 2.41. The second-order valence-corrected chi connectivity index (χ2v) is 19.2. The summed E-state index contributed by atoms with van der Waals surface area (Å²) in [6.45, 7) is 21.5. The number of rotatable bonds is 3. The van der Waals surface area contributed by atoms with Crippen LogP contribution in [0.1, 0.15) is 104 Å². The van der Waals surface area contributed by atoms with Crippen LogP contribution in [0, 0.1) is 24.2 Å². The van der Waals surface area contributed by atoms with Crippen molar-refractivity contribution >= 4 is 31.1 Å². The molecule has 0 N–H and O–H groups in total. The number of ketones is 1. The van der Waals surface area contributed by atoms with E-state index in [9.17, 15) is 9.59 Å². The van der Waals surface area contributed by atoms with Crippen molar-refractivity contribution in [3.8, 4) is 0 Å². The number of hydrogen-bond donors (Lipinski definition) is 0. The van der Waals surface area contributed by atoms with Crippen molar-refractivity contribution in [2.75, 3.05) is 0 Å². The number of fused-ring (bicyclic) bond motifs is 1. The molecular formula is C34H54N2O4Si. The fraction of sp³-hybridized carbons (Fsp3) is 0.676. The molecule has 1 aromatic carbocycles. The van der Waals surface area contributed by atoms with E-state index in [1.807, 2.05) is 52.9 Å². The molecule has 0 spiro atoms. The number of Topliss-reactive ketones (excluding diaryl/α,β-unsaturated/α-hetero) is 1. The zero-order valence-corrected chi connectivity index (χ0v) is 28.5. The lowest BCUT2D eigenvalue weighted by Gasteiger charge is -2.43. The minimum absolute atomic E-state index is 0.0588. The SMILES string of the molecule is Cc1nc2cc([C@@H]3C/C=C/CCC[C@H](C)[C@@H](O[Si](C)(C)C(C)(C)C)[C@@H](C)C(=O)C(C)(C)CCC(=O)O3)ccc2n1C. The second kappa shape index (κ2) is 12.9. The molecule has 0 saturated carbocycles. The van der Waals surface area contributed by atoms with Crippen LogP contribution >= 0.6 is 0 Å². The van der Waals surface area contributed by atoms with Crippen LogP contribution in [0.4, 0.5) is 0 Å². The van der Waals surface area contributed by atoms with Gasteiger partial charge in [0, 0.05) is 31.2 Å². The molecule has 2 heterocycles. The number of cyclic esters (lactones) is 1. The molecule has 228 valence electrons. The Morgan fingerprint density at radius 1 is 1.12 bits per heavy atom. The molecule has 41 heavy (non-hydrogen) atoms. The van der Waals surface area contributed by atoms with E-state index in [1.54, 1.807) is 0 Å². The van der Waals surface area contributed by atoms with Crippen molar-refractivity contribution in [1.29, 1.82) is 0 Å². The molecule has 0 bridgehead atoms. The van der Waals surface area contributed by atoms with Crippen molar-refractivity contribution in [1.82, 2.24) is 9.55 Å². The van der Waals surface area contributed by atoms with Crippen LogP contribution in [-0.2, 0) is 25.8 Å². The maximum atomic E-state index is 14.0. The number of esters is 1. The summed E-state index contributed by atoms with van der Waals surface area (Å²) < 4.78 is 15.1. The van der Waals surface area contributed by atoms with Crippen molar-refractivity contribution < 1.29 is 18.8 Å². The third-order valence-electron chi connectivity index (χ3n) is 9.65. The van der Waals surface area contributed by atoms with Gasteiger partial charge in [-0.25, -0.2) is 4.98 Å². The molecule has 1 aliphatic heterocycles. The van der Waals surface area contributed by atoms with Crippen LogP contribution in [-0.4, -0.2) is 35.7 Å². The first-order valence-corrected chi connectivity index (χ1v) is 18.3. The van der Waals surface area contributed by atoms with E-state index in [4.69, 9.17) is 9.16 Å². The van der Waals surface area contributed by atoms with Gasteiger partial charge in [-0.3, -0.25) is 9.59 Å². The highest BCUT2D eigenvalue weighted by atomic mass is 28.4. The van der Waals surface area contributed by atoms with Gasteiger partial charge >= 0.3 is 5.97 Å². The van der Waals surface area contributed by atoms with E-state index in [-0.39, 0.29) is 41.2 Å². The molecule has 0 amide bonds. The fourth-order valence-electron chi connectivity index (χ4n) is 5.60. The van der Waals surface area contributed by atoms with E-state index in [0.717, 1.165) is 41.7 Å². The highest BCUT2D eigenvalue weighted by molar-refractivity contribution is 6.74. The van der Waals surface area contributed by atoms with Gasteiger partial charge in [0.25, 0.3) is 0 Å². The summed E-state index contributed by atoms with van der Waals surface area (Å²) in [7, 11) is -0.0853. The number of allylic oxidation sites excluding steroid dienone is 1. The Hall–Kier alpha value is -2.25. The van der Waals surface area contributed by atoms with Crippen molar-refractivity contribution in [2.45, 2.75) is 124 Å². The summed E-state index contributed by atoms with van der Waals surface area (Å²) in [5.74, 6) is 0.838. The minimum Gasteiger partial charge on any atom is -0.457 e. The van der Waals surface area contributed by atoms with Gasteiger partial charge in [0.2, 0.25) is 0 Å². The number of carbonyl (C=O) groups excluding carboxylic acids is 2. The van der Waals surface area contributed by atoms with Crippen molar-refractivity contribution in [3.63, 3.8) is 0 Å². The minimum atomic E-state index is -2.09. The molecule has 0 fully saturated rings. The van der Waals surface area contributed by atoms with E-state index < -0.39 is 19.8 Å². The summed E-state index contributed by atoms with van der Waals surface area (Å²) >= 11 is 0. The zero-order chi connectivity index (χ0) is 30.8. The molecule has 1 aliphatic rings. The van der Waals surface area contributed by atoms with Crippen LogP contribution in [0.15, 0.2) is 30.4 Å². The smallest absolute Gasteiger partial charge is 0.306 e. The number of aryl methyl sites for hydroxylation is 2. The molecule has 0 radical (unpaired) electrons. The molecule has 1 aromatic heterocycles. The molecule has 7 heteroatoms. The molecular weight excluding hydrogens is 528 g/mol.